The van der Waals surface area contributed by atoms with Crippen molar-refractivity contribution < 1.29 is 30.3 Å². The molecule has 0 radical (unpaired) electrons. The molecule has 0 unspecified atom stereocenters. The average molecular weight is 240 g/mol. The molecule has 5 N–H and O–H groups in total. The van der Waals surface area contributed by atoms with Crippen LogP contribution in [0.4, 0.5) is 0 Å². The summed E-state index contributed by atoms with van der Waals surface area (Å²) in [7, 11) is 0. The Morgan fingerprint density at radius 2 is 1.73 bits per heavy atom. The smallest absolute Gasteiger partial charge is 0.220 e. The van der Waals surface area contributed by atoms with Crippen LogP contribution in [-0.2, 0) is 4.79 Å². The van der Waals surface area contributed by atoms with Crippen LogP contribution in [0.1, 0.15) is 6.92 Å². The van der Waals surface area contributed by atoms with Gasteiger partial charge in [-0.3, -0.25) is 4.79 Å². The fourth-order valence-electron chi connectivity index (χ4n) is 0.889. The maximum absolute atomic E-state index is 11.1. The maximum Gasteiger partial charge on any atom is 0.220 e. The lowest BCUT2D eigenvalue weighted by Crippen LogP contribution is -2.48. The van der Waals surface area contributed by atoms with Crippen molar-refractivity contribution in [2.75, 3.05) is 12.4 Å². The Morgan fingerprint density at radius 1 is 1.20 bits per heavy atom. The first-order valence-electron chi connectivity index (χ1n) is 4.45. The van der Waals surface area contributed by atoms with E-state index in [1.807, 2.05) is 0 Å². The summed E-state index contributed by atoms with van der Waals surface area (Å²) >= 11 is 0.800. The van der Waals surface area contributed by atoms with E-state index in [1.165, 1.54) is 0 Å². The van der Waals surface area contributed by atoms with E-state index in [0.29, 0.717) is 5.75 Å². The Balaban J connectivity index is 4.29. The van der Waals surface area contributed by atoms with Gasteiger partial charge in [0.1, 0.15) is 18.3 Å². The number of carbonyl (C=O) groups is 1. The fraction of sp³-hybridized carbons (Fsp3) is 0.875. The molecule has 0 saturated heterocycles. The van der Waals surface area contributed by atoms with Gasteiger partial charge < -0.3 is 25.5 Å². The van der Waals surface area contributed by atoms with Crippen molar-refractivity contribution in [3.05, 3.63) is 0 Å². The Bertz CT molecular complexity index is 200. The van der Waals surface area contributed by atoms with Gasteiger partial charge in [0.25, 0.3) is 0 Å². The molecule has 7 heteroatoms. The second-order valence-corrected chi connectivity index (χ2v) is 4.20. The Morgan fingerprint density at radius 3 is 2.13 bits per heavy atom. The molecule has 4 atom stereocenters. The van der Waals surface area contributed by atoms with Crippen molar-refractivity contribution in [3.8, 4) is 0 Å². The van der Waals surface area contributed by atoms with E-state index in [0.717, 1.165) is 11.8 Å². The van der Waals surface area contributed by atoms with Crippen LogP contribution in [0.2, 0.25) is 0 Å². The molecule has 0 aromatic carbocycles. The molecule has 0 heterocycles. The van der Waals surface area contributed by atoms with Gasteiger partial charge in [-0.2, -0.15) is 0 Å². The molecule has 6 nitrogen and oxygen atoms in total. The van der Waals surface area contributed by atoms with Crippen molar-refractivity contribution in [1.82, 2.24) is 0 Å². The SMILES string of the molecule is CCSC(=O)[C@H](O)[C@@H](O)[C@H](O)[C@H](O)CO. The van der Waals surface area contributed by atoms with Crippen molar-refractivity contribution >= 4 is 16.9 Å². The van der Waals surface area contributed by atoms with Gasteiger partial charge in [-0.05, 0) is 5.75 Å². The van der Waals surface area contributed by atoms with E-state index in [2.05, 4.69) is 0 Å². The van der Waals surface area contributed by atoms with Crippen LogP contribution in [0, 0.1) is 0 Å². The van der Waals surface area contributed by atoms with E-state index < -0.39 is 36.1 Å². The minimum Gasteiger partial charge on any atom is -0.394 e. The predicted molar refractivity (Wildman–Crippen MR) is 54.3 cm³/mol. The number of thioether (sulfide) groups is 1. The Hall–Kier alpha value is -0.180. The van der Waals surface area contributed by atoms with Crippen molar-refractivity contribution in [2.24, 2.45) is 0 Å². The molecule has 0 spiro atoms. The molecule has 0 aliphatic heterocycles. The lowest BCUT2D eigenvalue weighted by atomic mass is 10.0. The van der Waals surface area contributed by atoms with E-state index in [-0.39, 0.29) is 0 Å². The van der Waals surface area contributed by atoms with Gasteiger partial charge in [-0.1, -0.05) is 18.7 Å². The number of carbonyl (C=O) groups excluding carboxylic acids is 1. The zero-order chi connectivity index (χ0) is 12.0. The highest BCUT2D eigenvalue weighted by atomic mass is 32.2. The van der Waals surface area contributed by atoms with Gasteiger partial charge in [0.2, 0.25) is 5.12 Å². The maximum atomic E-state index is 11.1. The second kappa shape index (κ2) is 7.15. The van der Waals surface area contributed by atoms with Crippen LogP contribution in [-0.4, -0.2) is 67.4 Å². The van der Waals surface area contributed by atoms with Gasteiger partial charge >= 0.3 is 0 Å². The molecule has 0 fully saturated rings. The molecule has 0 amide bonds. The van der Waals surface area contributed by atoms with Crippen molar-refractivity contribution in [2.45, 2.75) is 31.3 Å². The fourth-order valence-corrected chi connectivity index (χ4v) is 1.48. The van der Waals surface area contributed by atoms with Crippen LogP contribution in [0.15, 0.2) is 0 Å². The average Bonchev–Trinajstić information content (AvgIpc) is 2.25. The summed E-state index contributed by atoms with van der Waals surface area (Å²) < 4.78 is 0. The largest absolute Gasteiger partial charge is 0.394 e. The number of hydrogen-bond acceptors (Lipinski definition) is 7. The third kappa shape index (κ3) is 4.45. The molecule has 0 rings (SSSR count). The molecule has 0 aliphatic rings. The van der Waals surface area contributed by atoms with Crippen LogP contribution in [0.5, 0.6) is 0 Å². The van der Waals surface area contributed by atoms with Crippen LogP contribution in [0.25, 0.3) is 0 Å². The van der Waals surface area contributed by atoms with Crippen molar-refractivity contribution in [1.29, 1.82) is 0 Å². The molecular weight excluding hydrogens is 224 g/mol. The highest BCUT2D eigenvalue weighted by molar-refractivity contribution is 8.13. The predicted octanol–water partition coefficient (Wildman–Crippen LogP) is -2.30. The summed E-state index contributed by atoms with van der Waals surface area (Å²) in [5, 5.41) is 44.5. The monoisotopic (exact) mass is 240 g/mol. The standard InChI is InChI=1S/C8H16O6S/c1-2-15-8(14)7(13)6(12)5(11)4(10)3-9/h4-7,9-13H,2-3H2,1H3/t4-,5-,6+,7-/m1/s1. The molecule has 0 bridgehead atoms. The first-order chi connectivity index (χ1) is 6.95. The third-order valence-electron chi connectivity index (χ3n) is 1.78. The zero-order valence-corrected chi connectivity index (χ0v) is 9.09. The summed E-state index contributed by atoms with van der Waals surface area (Å²) in [4.78, 5) is 11.1. The molecule has 15 heavy (non-hydrogen) atoms. The van der Waals surface area contributed by atoms with E-state index in [4.69, 9.17) is 10.2 Å². The topological polar surface area (TPSA) is 118 Å². The molecule has 0 aromatic heterocycles. The number of aliphatic hydroxyl groups is 5. The summed E-state index contributed by atoms with van der Waals surface area (Å²) in [5.74, 6) is 0.432. The lowest BCUT2D eigenvalue weighted by molar-refractivity contribution is -0.139. The first-order valence-corrected chi connectivity index (χ1v) is 5.44. The highest BCUT2D eigenvalue weighted by Crippen LogP contribution is 2.12. The molecule has 0 aliphatic carbocycles. The lowest BCUT2D eigenvalue weighted by Gasteiger charge is -2.24. The number of hydrogen-bond donors (Lipinski definition) is 5. The first kappa shape index (κ1) is 14.8. The molecular formula is C8H16O6S. The minimum atomic E-state index is -1.81. The van der Waals surface area contributed by atoms with Crippen molar-refractivity contribution in [3.63, 3.8) is 0 Å². The van der Waals surface area contributed by atoms with Gasteiger partial charge in [-0.15, -0.1) is 0 Å². The van der Waals surface area contributed by atoms with E-state index >= 15 is 0 Å². The van der Waals surface area contributed by atoms with Crippen LogP contribution < -0.4 is 0 Å². The number of aliphatic hydroxyl groups excluding tert-OH is 5. The number of rotatable bonds is 6. The normalized spacial score (nSPS) is 19.3. The second-order valence-electron chi connectivity index (χ2n) is 2.93. The summed E-state index contributed by atoms with van der Waals surface area (Å²) in [6.07, 6.45) is -6.93. The summed E-state index contributed by atoms with van der Waals surface area (Å²) in [5.41, 5.74) is 0. The zero-order valence-electron chi connectivity index (χ0n) is 8.28. The Kier molecular flexibility index (Phi) is 7.07. The molecule has 0 aromatic rings. The van der Waals surface area contributed by atoms with E-state index in [1.54, 1.807) is 6.92 Å². The third-order valence-corrected chi connectivity index (χ3v) is 2.60. The quantitative estimate of drug-likeness (QED) is 0.354. The van der Waals surface area contributed by atoms with Gasteiger partial charge in [-0.25, -0.2) is 0 Å². The van der Waals surface area contributed by atoms with Crippen LogP contribution in [0.3, 0.4) is 0 Å². The summed E-state index contributed by atoms with van der Waals surface area (Å²) in [6, 6.07) is 0. The summed E-state index contributed by atoms with van der Waals surface area (Å²) in [6.45, 7) is 0.931. The highest BCUT2D eigenvalue weighted by Gasteiger charge is 2.33. The van der Waals surface area contributed by atoms with E-state index in [9.17, 15) is 20.1 Å². The minimum absolute atomic E-state index is 0.432. The van der Waals surface area contributed by atoms with Gasteiger partial charge in [0, 0.05) is 0 Å². The van der Waals surface area contributed by atoms with Crippen LogP contribution >= 0.6 is 11.8 Å². The van der Waals surface area contributed by atoms with Gasteiger partial charge in [0.05, 0.1) is 6.61 Å². The molecule has 0 saturated carbocycles. The van der Waals surface area contributed by atoms with Gasteiger partial charge in [0.15, 0.2) is 6.10 Å². The Labute approximate surface area is 91.5 Å². The molecule has 90 valence electrons.